The zero-order valence-electron chi connectivity index (χ0n) is 12.2. The molecular formula is C18H21NO2. The van der Waals surface area contributed by atoms with Crippen LogP contribution >= 0.6 is 0 Å². The highest BCUT2D eigenvalue weighted by Crippen LogP contribution is 2.38. The van der Waals surface area contributed by atoms with Crippen LogP contribution in [-0.2, 0) is 6.42 Å². The van der Waals surface area contributed by atoms with E-state index in [0.29, 0.717) is 11.8 Å². The summed E-state index contributed by atoms with van der Waals surface area (Å²) in [6.07, 6.45) is 8.17. The first kappa shape index (κ1) is 13.1. The van der Waals surface area contributed by atoms with Crippen LogP contribution in [0.4, 0.5) is 0 Å². The molecule has 0 radical (unpaired) electrons. The van der Waals surface area contributed by atoms with Gasteiger partial charge >= 0.3 is 0 Å². The third kappa shape index (κ3) is 2.20. The number of aryl methyl sites for hydroxylation is 1. The van der Waals surface area contributed by atoms with Gasteiger partial charge in [-0.15, -0.1) is 0 Å². The summed E-state index contributed by atoms with van der Waals surface area (Å²) in [5, 5.41) is 9.98. The van der Waals surface area contributed by atoms with Gasteiger partial charge in [0.15, 0.2) is 0 Å². The van der Waals surface area contributed by atoms with Gasteiger partial charge in [-0.25, -0.2) is 0 Å². The second-order valence-electron chi connectivity index (χ2n) is 6.63. The molecule has 3 atom stereocenters. The Kier molecular flexibility index (Phi) is 3.11. The van der Waals surface area contributed by atoms with Crippen molar-refractivity contribution in [2.24, 2.45) is 11.8 Å². The average molecular weight is 283 g/mol. The Morgan fingerprint density at radius 2 is 2.14 bits per heavy atom. The number of nitrogens with zero attached hydrogens (tertiary/aromatic N) is 1. The molecule has 0 aromatic heterocycles. The van der Waals surface area contributed by atoms with Gasteiger partial charge in [-0.2, -0.15) is 0 Å². The Balaban J connectivity index is 1.54. The minimum absolute atomic E-state index is 0.133. The van der Waals surface area contributed by atoms with Gasteiger partial charge in [0, 0.05) is 24.6 Å². The van der Waals surface area contributed by atoms with Gasteiger partial charge in [0.1, 0.15) is 0 Å². The van der Waals surface area contributed by atoms with Crippen molar-refractivity contribution in [3.8, 4) is 0 Å². The summed E-state index contributed by atoms with van der Waals surface area (Å²) < 4.78 is 0. The summed E-state index contributed by atoms with van der Waals surface area (Å²) in [7, 11) is 0. The lowest BCUT2D eigenvalue weighted by Crippen LogP contribution is -2.31. The Hall–Kier alpha value is -1.61. The molecule has 3 aliphatic rings. The number of allylic oxidation sites excluding steroid dienone is 1. The molecule has 2 fully saturated rings. The van der Waals surface area contributed by atoms with E-state index in [1.165, 1.54) is 11.1 Å². The first-order valence-corrected chi connectivity index (χ1v) is 7.99. The third-order valence-electron chi connectivity index (χ3n) is 5.37. The van der Waals surface area contributed by atoms with Crippen LogP contribution in [0.15, 0.2) is 24.3 Å². The molecule has 110 valence electrons. The number of hydrogen-bond donors (Lipinski definition) is 1. The lowest BCUT2D eigenvalue weighted by Gasteiger charge is -2.20. The molecule has 1 aromatic rings. The van der Waals surface area contributed by atoms with Gasteiger partial charge in [-0.05, 0) is 54.9 Å². The maximum atomic E-state index is 12.7. The highest BCUT2D eigenvalue weighted by atomic mass is 16.3. The predicted molar refractivity (Wildman–Crippen MR) is 81.9 cm³/mol. The lowest BCUT2D eigenvalue weighted by molar-refractivity contribution is 0.0752. The molecule has 2 aliphatic carbocycles. The third-order valence-corrected chi connectivity index (χ3v) is 5.37. The number of likely N-dealkylation sites (tertiary alicyclic amines) is 1. The number of amides is 1. The highest BCUT2D eigenvalue weighted by Gasteiger charge is 2.43. The number of hydrogen-bond acceptors (Lipinski definition) is 2. The minimum Gasteiger partial charge on any atom is -0.393 e. The van der Waals surface area contributed by atoms with Crippen molar-refractivity contribution in [2.45, 2.75) is 31.8 Å². The average Bonchev–Trinajstić information content (AvgIpc) is 3.08. The topological polar surface area (TPSA) is 40.5 Å². The van der Waals surface area contributed by atoms with Crippen LogP contribution < -0.4 is 0 Å². The summed E-state index contributed by atoms with van der Waals surface area (Å²) in [4.78, 5) is 14.6. The molecular weight excluding hydrogens is 262 g/mol. The van der Waals surface area contributed by atoms with E-state index in [1.807, 2.05) is 11.0 Å². The Morgan fingerprint density at radius 1 is 1.24 bits per heavy atom. The molecule has 1 N–H and O–H groups in total. The monoisotopic (exact) mass is 283 g/mol. The van der Waals surface area contributed by atoms with Crippen molar-refractivity contribution < 1.29 is 9.90 Å². The number of fused-ring (bicyclic) bond motifs is 2. The van der Waals surface area contributed by atoms with Crippen LogP contribution in [0.5, 0.6) is 0 Å². The Labute approximate surface area is 125 Å². The zero-order valence-corrected chi connectivity index (χ0v) is 12.2. The van der Waals surface area contributed by atoms with E-state index in [1.54, 1.807) is 0 Å². The van der Waals surface area contributed by atoms with Gasteiger partial charge < -0.3 is 10.0 Å². The molecule has 1 saturated carbocycles. The standard InChI is InChI=1S/C18H21NO2/c20-17-8-7-15-10-19(11-16(15)17)18(21)14-6-5-12-3-1-2-4-13(12)9-14/h1,3,5-6,9,15-17,20H,2,4,7-8,10-11H2/t15-,16+,17-/m1/s1. The number of benzene rings is 1. The van der Waals surface area contributed by atoms with E-state index in [4.69, 9.17) is 0 Å². The Morgan fingerprint density at radius 3 is 3.00 bits per heavy atom. The normalized spacial score (nSPS) is 30.3. The molecule has 3 nitrogen and oxygen atoms in total. The fraction of sp³-hybridized carbons (Fsp3) is 0.500. The summed E-state index contributed by atoms with van der Waals surface area (Å²) in [5.41, 5.74) is 3.33. The number of carbonyl (C=O) groups excluding carboxylic acids is 1. The van der Waals surface area contributed by atoms with Crippen molar-refractivity contribution >= 4 is 12.0 Å². The van der Waals surface area contributed by atoms with Crippen LogP contribution in [0.1, 0.15) is 40.7 Å². The number of aliphatic hydroxyl groups excluding tert-OH is 1. The lowest BCUT2D eigenvalue weighted by atomic mass is 9.95. The van der Waals surface area contributed by atoms with Gasteiger partial charge in [-0.3, -0.25) is 4.79 Å². The van der Waals surface area contributed by atoms with Gasteiger partial charge in [0.25, 0.3) is 5.91 Å². The van der Waals surface area contributed by atoms with Crippen LogP contribution in [-0.4, -0.2) is 35.1 Å². The van der Waals surface area contributed by atoms with Crippen molar-refractivity contribution in [3.05, 3.63) is 41.0 Å². The maximum Gasteiger partial charge on any atom is 0.253 e. The van der Waals surface area contributed by atoms with E-state index < -0.39 is 0 Å². The van der Waals surface area contributed by atoms with Crippen LogP contribution in [0, 0.1) is 11.8 Å². The van der Waals surface area contributed by atoms with Gasteiger partial charge in [0.05, 0.1) is 6.10 Å². The van der Waals surface area contributed by atoms with Crippen molar-refractivity contribution in [3.63, 3.8) is 0 Å². The summed E-state index contributed by atoms with van der Waals surface area (Å²) >= 11 is 0. The second kappa shape index (κ2) is 4.99. The van der Waals surface area contributed by atoms with Crippen LogP contribution in [0.3, 0.4) is 0 Å². The van der Waals surface area contributed by atoms with E-state index in [0.717, 1.165) is 44.3 Å². The first-order chi connectivity index (χ1) is 10.2. The molecule has 0 bridgehead atoms. The van der Waals surface area contributed by atoms with Crippen LogP contribution in [0.25, 0.3) is 6.08 Å². The molecule has 1 amide bonds. The predicted octanol–water partition coefficient (Wildman–Crippen LogP) is 2.49. The van der Waals surface area contributed by atoms with E-state index >= 15 is 0 Å². The molecule has 1 aliphatic heterocycles. The number of aliphatic hydroxyl groups is 1. The summed E-state index contributed by atoms with van der Waals surface area (Å²) in [6, 6.07) is 6.07. The van der Waals surface area contributed by atoms with Crippen molar-refractivity contribution in [2.75, 3.05) is 13.1 Å². The largest absolute Gasteiger partial charge is 0.393 e. The minimum atomic E-state index is -0.207. The van der Waals surface area contributed by atoms with E-state index in [2.05, 4.69) is 24.3 Å². The molecule has 3 heteroatoms. The molecule has 1 heterocycles. The zero-order chi connectivity index (χ0) is 14.4. The summed E-state index contributed by atoms with van der Waals surface area (Å²) in [6.45, 7) is 1.54. The molecule has 1 aromatic carbocycles. The van der Waals surface area contributed by atoms with E-state index in [-0.39, 0.29) is 12.0 Å². The van der Waals surface area contributed by atoms with Crippen molar-refractivity contribution in [1.29, 1.82) is 0 Å². The molecule has 21 heavy (non-hydrogen) atoms. The van der Waals surface area contributed by atoms with Gasteiger partial charge in [-0.1, -0.05) is 18.2 Å². The smallest absolute Gasteiger partial charge is 0.253 e. The van der Waals surface area contributed by atoms with Gasteiger partial charge in [0.2, 0.25) is 0 Å². The summed E-state index contributed by atoms with van der Waals surface area (Å²) in [5.74, 6) is 0.938. The molecule has 0 unspecified atom stereocenters. The van der Waals surface area contributed by atoms with E-state index in [9.17, 15) is 9.90 Å². The van der Waals surface area contributed by atoms with Crippen LogP contribution in [0.2, 0.25) is 0 Å². The fourth-order valence-electron chi connectivity index (χ4n) is 4.15. The number of rotatable bonds is 1. The molecule has 0 spiro atoms. The molecule has 4 rings (SSSR count). The maximum absolute atomic E-state index is 12.7. The Bertz CT molecular complexity index is 607. The molecule has 1 saturated heterocycles. The highest BCUT2D eigenvalue weighted by molar-refractivity contribution is 5.95. The number of carbonyl (C=O) groups is 1. The SMILES string of the molecule is O=C(c1ccc2c(c1)CCC=C2)N1C[C@H]2CC[C@@H](O)[C@H]2C1. The van der Waals surface area contributed by atoms with Crippen molar-refractivity contribution in [1.82, 2.24) is 4.90 Å². The fourth-order valence-corrected chi connectivity index (χ4v) is 4.15. The first-order valence-electron chi connectivity index (χ1n) is 7.99. The second-order valence-corrected chi connectivity index (χ2v) is 6.63. The quantitative estimate of drug-likeness (QED) is 0.860.